The zero-order chi connectivity index (χ0) is 13.1. The van der Waals surface area contributed by atoms with Crippen molar-refractivity contribution in [3.8, 4) is 11.1 Å². The molecule has 1 N–H and O–H groups in total. The predicted octanol–water partition coefficient (Wildman–Crippen LogP) is 3.68. The number of halogens is 1. The van der Waals surface area contributed by atoms with Gasteiger partial charge in [0.2, 0.25) is 0 Å². The van der Waals surface area contributed by atoms with E-state index in [0.29, 0.717) is 0 Å². The monoisotopic (exact) mass is 244 g/mol. The molecule has 0 amide bonds. The van der Waals surface area contributed by atoms with Gasteiger partial charge in [-0.3, -0.25) is 4.79 Å². The van der Waals surface area contributed by atoms with Gasteiger partial charge in [-0.15, -0.1) is 0 Å². The van der Waals surface area contributed by atoms with Crippen molar-refractivity contribution < 1.29 is 14.3 Å². The molecule has 18 heavy (non-hydrogen) atoms. The van der Waals surface area contributed by atoms with Crippen molar-refractivity contribution in [2.24, 2.45) is 0 Å². The lowest BCUT2D eigenvalue weighted by Crippen LogP contribution is -2.09. The van der Waals surface area contributed by atoms with Gasteiger partial charge in [-0.05, 0) is 24.1 Å². The van der Waals surface area contributed by atoms with Crippen LogP contribution >= 0.6 is 0 Å². The Labute approximate surface area is 105 Å². The highest BCUT2D eigenvalue weighted by atomic mass is 19.1. The van der Waals surface area contributed by atoms with E-state index in [1.807, 2.05) is 30.3 Å². The van der Waals surface area contributed by atoms with E-state index in [4.69, 9.17) is 5.11 Å². The van der Waals surface area contributed by atoms with Gasteiger partial charge >= 0.3 is 5.97 Å². The van der Waals surface area contributed by atoms with Crippen molar-refractivity contribution in [3.63, 3.8) is 0 Å². The molecule has 2 nitrogen and oxygen atoms in total. The number of carboxylic acid groups (broad SMARTS) is 1. The van der Waals surface area contributed by atoms with Crippen molar-refractivity contribution in [1.29, 1.82) is 0 Å². The number of benzene rings is 2. The summed E-state index contributed by atoms with van der Waals surface area (Å²) in [6, 6.07) is 14.1. The van der Waals surface area contributed by atoms with Crippen LogP contribution < -0.4 is 0 Å². The molecule has 0 spiro atoms. The van der Waals surface area contributed by atoms with Crippen LogP contribution in [0.2, 0.25) is 0 Å². The van der Waals surface area contributed by atoms with E-state index in [1.165, 1.54) is 19.1 Å². The van der Waals surface area contributed by atoms with Gasteiger partial charge in [0.1, 0.15) is 5.82 Å². The molecular formula is C15H13FO2. The third-order valence-electron chi connectivity index (χ3n) is 2.94. The molecule has 0 radical (unpaired) electrons. The molecule has 0 bridgehead atoms. The van der Waals surface area contributed by atoms with Crippen LogP contribution in [-0.4, -0.2) is 11.1 Å². The average Bonchev–Trinajstić information content (AvgIpc) is 2.38. The lowest BCUT2D eigenvalue weighted by molar-refractivity contribution is -0.138. The highest BCUT2D eigenvalue weighted by Crippen LogP contribution is 2.25. The van der Waals surface area contributed by atoms with Crippen LogP contribution in [-0.2, 0) is 4.79 Å². The minimum absolute atomic E-state index is 0.210. The Bertz CT molecular complexity index is 564. The van der Waals surface area contributed by atoms with Crippen molar-refractivity contribution in [3.05, 3.63) is 59.9 Å². The van der Waals surface area contributed by atoms with Gasteiger partial charge in [-0.1, -0.05) is 42.5 Å². The third-order valence-corrected chi connectivity index (χ3v) is 2.94. The highest BCUT2D eigenvalue weighted by Gasteiger charge is 2.18. The first-order chi connectivity index (χ1) is 8.59. The lowest BCUT2D eigenvalue weighted by atomic mass is 9.97. The second-order valence-corrected chi connectivity index (χ2v) is 4.16. The van der Waals surface area contributed by atoms with Gasteiger partial charge in [-0.25, -0.2) is 4.39 Å². The molecule has 0 heterocycles. The molecule has 2 aromatic rings. The van der Waals surface area contributed by atoms with Gasteiger partial charge in [0.15, 0.2) is 0 Å². The van der Waals surface area contributed by atoms with E-state index in [1.54, 1.807) is 6.07 Å². The van der Waals surface area contributed by atoms with Crippen molar-refractivity contribution in [1.82, 2.24) is 0 Å². The number of hydrogen-bond donors (Lipinski definition) is 1. The Kier molecular flexibility index (Phi) is 3.42. The number of carbonyl (C=O) groups is 1. The Morgan fingerprint density at radius 3 is 2.33 bits per heavy atom. The van der Waals surface area contributed by atoms with Crippen LogP contribution in [0.4, 0.5) is 4.39 Å². The van der Waals surface area contributed by atoms with Gasteiger partial charge < -0.3 is 5.11 Å². The summed E-state index contributed by atoms with van der Waals surface area (Å²) in [4.78, 5) is 10.8. The zero-order valence-corrected chi connectivity index (χ0v) is 9.93. The summed E-state index contributed by atoms with van der Waals surface area (Å²) < 4.78 is 13.9. The molecule has 3 heteroatoms. The molecular weight excluding hydrogens is 231 g/mol. The van der Waals surface area contributed by atoms with Crippen LogP contribution in [0.25, 0.3) is 11.1 Å². The molecule has 0 saturated heterocycles. The summed E-state index contributed by atoms with van der Waals surface area (Å²) >= 11 is 0. The summed E-state index contributed by atoms with van der Waals surface area (Å²) in [5.41, 5.74) is 1.86. The first-order valence-electron chi connectivity index (χ1n) is 5.67. The number of rotatable bonds is 3. The minimum atomic E-state index is -1.03. The molecule has 0 saturated carbocycles. The molecule has 0 fully saturated rings. The van der Waals surface area contributed by atoms with Crippen molar-refractivity contribution in [2.45, 2.75) is 12.8 Å². The van der Waals surface area contributed by atoms with E-state index in [-0.39, 0.29) is 5.56 Å². The first kappa shape index (κ1) is 12.3. The Morgan fingerprint density at radius 1 is 1.11 bits per heavy atom. The fourth-order valence-electron chi connectivity index (χ4n) is 1.82. The normalized spacial score (nSPS) is 12.1. The molecule has 0 aliphatic rings. The summed E-state index contributed by atoms with van der Waals surface area (Å²) in [7, 11) is 0. The molecule has 1 atom stereocenters. The SMILES string of the molecule is C[C@H](C(=O)O)c1ccc(-c2ccccc2)cc1F. The fraction of sp³-hybridized carbons (Fsp3) is 0.133. The lowest BCUT2D eigenvalue weighted by Gasteiger charge is -2.09. The Hall–Kier alpha value is -2.16. The summed E-state index contributed by atoms with van der Waals surface area (Å²) in [5.74, 6) is -2.34. The molecule has 0 aliphatic heterocycles. The van der Waals surface area contributed by atoms with Gasteiger partial charge in [0.25, 0.3) is 0 Å². The summed E-state index contributed by atoms with van der Waals surface area (Å²) in [5, 5.41) is 8.88. The van der Waals surface area contributed by atoms with E-state index in [0.717, 1.165) is 11.1 Å². The van der Waals surface area contributed by atoms with Crippen molar-refractivity contribution in [2.75, 3.05) is 0 Å². The molecule has 2 rings (SSSR count). The van der Waals surface area contributed by atoms with E-state index < -0.39 is 17.7 Å². The fourth-order valence-corrected chi connectivity index (χ4v) is 1.82. The maximum Gasteiger partial charge on any atom is 0.310 e. The summed E-state index contributed by atoms with van der Waals surface area (Å²) in [6.45, 7) is 1.48. The molecule has 0 aromatic heterocycles. The van der Waals surface area contributed by atoms with Gasteiger partial charge in [0, 0.05) is 5.56 Å². The van der Waals surface area contributed by atoms with E-state index in [2.05, 4.69) is 0 Å². The number of aliphatic carboxylic acids is 1. The Morgan fingerprint density at radius 2 is 1.78 bits per heavy atom. The predicted molar refractivity (Wildman–Crippen MR) is 67.9 cm³/mol. The standard InChI is InChI=1S/C15H13FO2/c1-10(15(17)18)13-8-7-12(9-14(13)16)11-5-3-2-4-6-11/h2-10H,1H3,(H,17,18)/t10-/m0/s1. The molecule has 2 aromatic carbocycles. The minimum Gasteiger partial charge on any atom is -0.481 e. The van der Waals surface area contributed by atoms with Crippen LogP contribution in [0.5, 0.6) is 0 Å². The van der Waals surface area contributed by atoms with E-state index in [9.17, 15) is 9.18 Å². The van der Waals surface area contributed by atoms with E-state index >= 15 is 0 Å². The maximum absolute atomic E-state index is 13.9. The first-order valence-corrected chi connectivity index (χ1v) is 5.67. The average molecular weight is 244 g/mol. The van der Waals surface area contributed by atoms with Crippen LogP contribution in [0, 0.1) is 5.82 Å². The second kappa shape index (κ2) is 5.00. The molecule has 0 unspecified atom stereocenters. The van der Waals surface area contributed by atoms with Gasteiger partial charge in [-0.2, -0.15) is 0 Å². The maximum atomic E-state index is 13.9. The third kappa shape index (κ3) is 2.40. The Balaban J connectivity index is 2.40. The number of hydrogen-bond acceptors (Lipinski definition) is 1. The summed E-state index contributed by atoms with van der Waals surface area (Å²) in [6.07, 6.45) is 0. The highest BCUT2D eigenvalue weighted by molar-refractivity contribution is 5.76. The number of carboxylic acids is 1. The van der Waals surface area contributed by atoms with Crippen LogP contribution in [0.3, 0.4) is 0 Å². The molecule has 92 valence electrons. The van der Waals surface area contributed by atoms with Crippen LogP contribution in [0.1, 0.15) is 18.4 Å². The topological polar surface area (TPSA) is 37.3 Å². The molecule has 0 aliphatic carbocycles. The largest absolute Gasteiger partial charge is 0.481 e. The quantitative estimate of drug-likeness (QED) is 0.894. The van der Waals surface area contributed by atoms with Gasteiger partial charge in [0.05, 0.1) is 5.92 Å². The van der Waals surface area contributed by atoms with Crippen LogP contribution in [0.15, 0.2) is 48.5 Å². The zero-order valence-electron chi connectivity index (χ0n) is 9.93. The van der Waals surface area contributed by atoms with Crippen molar-refractivity contribution >= 4 is 5.97 Å². The second-order valence-electron chi connectivity index (χ2n) is 4.16. The smallest absolute Gasteiger partial charge is 0.310 e.